The number of ether oxygens (including phenoxy) is 2. The number of rotatable bonds is 7. The third-order valence-electron chi connectivity index (χ3n) is 2.31. The number of benzene rings is 1. The Morgan fingerprint density at radius 1 is 1.29 bits per heavy atom. The van der Waals surface area contributed by atoms with Gasteiger partial charge in [-0.15, -0.1) is 0 Å². The lowest BCUT2D eigenvalue weighted by Gasteiger charge is -2.09. The number of hydrogen-bond acceptors (Lipinski definition) is 5. The van der Waals surface area contributed by atoms with E-state index in [9.17, 15) is 13.2 Å². The molecule has 118 valence electrons. The molecule has 0 aliphatic heterocycles. The first kappa shape index (κ1) is 18.7. The Morgan fingerprint density at radius 3 is 2.52 bits per heavy atom. The molecule has 5 nitrogen and oxygen atoms in total. The first-order valence-electron chi connectivity index (χ1n) is 5.96. The van der Waals surface area contributed by atoms with Crippen molar-refractivity contribution >= 4 is 53.2 Å². The number of carbonyl (C=O) groups is 1. The summed E-state index contributed by atoms with van der Waals surface area (Å²) in [5, 5.41) is 0.0606. The Balaban J connectivity index is 2.85. The third-order valence-corrected chi connectivity index (χ3v) is 4.91. The van der Waals surface area contributed by atoms with Crippen LogP contribution in [0.25, 0.3) is 0 Å². The zero-order chi connectivity index (χ0) is 16.0. The Morgan fingerprint density at radius 2 is 1.95 bits per heavy atom. The summed E-state index contributed by atoms with van der Waals surface area (Å²) in [5.41, 5.74) is -0.0745. The minimum atomic E-state index is -4.00. The molecule has 0 N–H and O–H groups in total. The fourth-order valence-electron chi connectivity index (χ4n) is 1.39. The standard InChI is InChI=1S/C12H13BrCl2O5S/c1-2-3-19-4-5-20-12(16)8-6-11(21(15,17)18)9(13)7-10(8)14/h6-7H,2-5H2,1H3. The first-order valence-corrected chi connectivity index (χ1v) is 9.44. The van der Waals surface area contributed by atoms with Crippen molar-refractivity contribution in [3.8, 4) is 0 Å². The second kappa shape index (κ2) is 8.33. The van der Waals surface area contributed by atoms with Crippen LogP contribution in [0.5, 0.6) is 0 Å². The zero-order valence-electron chi connectivity index (χ0n) is 11.1. The van der Waals surface area contributed by atoms with Gasteiger partial charge in [-0.2, -0.15) is 0 Å². The van der Waals surface area contributed by atoms with Crippen LogP contribution in [0.15, 0.2) is 21.5 Å². The molecule has 21 heavy (non-hydrogen) atoms. The molecule has 1 aromatic rings. The summed E-state index contributed by atoms with van der Waals surface area (Å²) in [6.07, 6.45) is 0.865. The molecule has 0 saturated heterocycles. The van der Waals surface area contributed by atoms with E-state index in [0.717, 1.165) is 12.5 Å². The van der Waals surface area contributed by atoms with Crippen LogP contribution >= 0.6 is 38.2 Å². The van der Waals surface area contributed by atoms with Gasteiger partial charge in [-0.05, 0) is 34.5 Å². The maximum Gasteiger partial charge on any atom is 0.339 e. The van der Waals surface area contributed by atoms with Gasteiger partial charge in [-0.1, -0.05) is 18.5 Å². The molecule has 1 aromatic carbocycles. The number of halogens is 3. The van der Waals surface area contributed by atoms with Crippen molar-refractivity contribution in [2.24, 2.45) is 0 Å². The number of hydrogen-bond donors (Lipinski definition) is 0. The average molecular weight is 420 g/mol. The maximum absolute atomic E-state index is 11.9. The predicted octanol–water partition coefficient (Wildman–Crippen LogP) is 3.61. The molecular formula is C12H13BrCl2O5S. The molecule has 0 bridgehead atoms. The summed E-state index contributed by atoms with van der Waals surface area (Å²) in [5.74, 6) is -0.742. The van der Waals surface area contributed by atoms with Crippen LogP contribution in [0.1, 0.15) is 23.7 Å². The van der Waals surface area contributed by atoms with Gasteiger partial charge in [0.2, 0.25) is 0 Å². The van der Waals surface area contributed by atoms with Crippen LogP contribution in [0.2, 0.25) is 5.02 Å². The SMILES string of the molecule is CCCOCCOC(=O)c1cc(S(=O)(=O)Cl)c(Br)cc1Cl. The topological polar surface area (TPSA) is 69.7 Å². The van der Waals surface area contributed by atoms with Gasteiger partial charge in [0.1, 0.15) is 6.61 Å². The minimum Gasteiger partial charge on any atom is -0.460 e. The molecule has 0 fully saturated rings. The van der Waals surface area contributed by atoms with Crippen LogP contribution < -0.4 is 0 Å². The molecule has 0 aliphatic rings. The summed E-state index contributed by atoms with van der Waals surface area (Å²) in [6, 6.07) is 2.35. The quantitative estimate of drug-likeness (QED) is 0.383. The van der Waals surface area contributed by atoms with E-state index in [-0.39, 0.29) is 33.2 Å². The minimum absolute atomic E-state index is 0.0498. The second-order valence-electron chi connectivity index (χ2n) is 3.95. The van der Waals surface area contributed by atoms with Gasteiger partial charge in [0.15, 0.2) is 0 Å². The summed E-state index contributed by atoms with van der Waals surface area (Å²) >= 11 is 8.94. The van der Waals surface area contributed by atoms with Crippen molar-refractivity contribution in [1.29, 1.82) is 0 Å². The smallest absolute Gasteiger partial charge is 0.339 e. The molecular weight excluding hydrogens is 407 g/mol. The van der Waals surface area contributed by atoms with Crippen molar-refractivity contribution in [2.75, 3.05) is 19.8 Å². The fourth-order valence-corrected chi connectivity index (χ4v) is 3.96. The largest absolute Gasteiger partial charge is 0.460 e. The molecule has 0 heterocycles. The van der Waals surface area contributed by atoms with Crippen molar-refractivity contribution in [2.45, 2.75) is 18.2 Å². The fraction of sp³-hybridized carbons (Fsp3) is 0.417. The Kier molecular flexibility index (Phi) is 7.42. The van der Waals surface area contributed by atoms with Crippen LogP contribution in [0.4, 0.5) is 0 Å². The normalized spacial score (nSPS) is 11.4. The lowest BCUT2D eigenvalue weighted by molar-refractivity contribution is 0.0318. The van der Waals surface area contributed by atoms with Crippen molar-refractivity contribution < 1.29 is 22.7 Å². The van der Waals surface area contributed by atoms with Crippen molar-refractivity contribution in [3.63, 3.8) is 0 Å². The van der Waals surface area contributed by atoms with E-state index in [2.05, 4.69) is 15.9 Å². The summed E-state index contributed by atoms with van der Waals surface area (Å²) in [4.78, 5) is 11.6. The highest BCUT2D eigenvalue weighted by molar-refractivity contribution is 9.10. The van der Waals surface area contributed by atoms with Gasteiger partial charge in [0.05, 0.1) is 22.1 Å². The van der Waals surface area contributed by atoms with Gasteiger partial charge in [-0.3, -0.25) is 0 Å². The summed E-state index contributed by atoms with van der Waals surface area (Å²) < 4.78 is 33.1. The van der Waals surface area contributed by atoms with Gasteiger partial charge in [0.25, 0.3) is 9.05 Å². The molecule has 0 atom stereocenters. The van der Waals surface area contributed by atoms with Gasteiger partial charge in [-0.25, -0.2) is 13.2 Å². The lowest BCUT2D eigenvalue weighted by Crippen LogP contribution is -2.12. The molecule has 1 rings (SSSR count). The average Bonchev–Trinajstić information content (AvgIpc) is 2.36. The molecule has 0 unspecified atom stereocenters. The highest BCUT2D eigenvalue weighted by Crippen LogP contribution is 2.31. The van der Waals surface area contributed by atoms with Crippen molar-refractivity contribution in [3.05, 3.63) is 27.2 Å². The van der Waals surface area contributed by atoms with E-state index in [1.165, 1.54) is 6.07 Å². The number of esters is 1. The highest BCUT2D eigenvalue weighted by Gasteiger charge is 2.21. The van der Waals surface area contributed by atoms with E-state index in [0.29, 0.717) is 6.61 Å². The van der Waals surface area contributed by atoms with Crippen LogP contribution in [0, 0.1) is 0 Å². The van der Waals surface area contributed by atoms with E-state index >= 15 is 0 Å². The van der Waals surface area contributed by atoms with E-state index in [4.69, 9.17) is 31.8 Å². The van der Waals surface area contributed by atoms with Crippen LogP contribution in [-0.4, -0.2) is 34.2 Å². The lowest BCUT2D eigenvalue weighted by atomic mass is 10.2. The second-order valence-corrected chi connectivity index (χ2v) is 7.74. The molecule has 0 amide bonds. The molecule has 0 aromatic heterocycles. The molecule has 0 saturated carbocycles. The van der Waals surface area contributed by atoms with E-state index < -0.39 is 15.0 Å². The highest BCUT2D eigenvalue weighted by atomic mass is 79.9. The Labute approximate surface area is 141 Å². The first-order chi connectivity index (χ1) is 9.77. The van der Waals surface area contributed by atoms with Gasteiger partial charge >= 0.3 is 5.97 Å². The zero-order valence-corrected chi connectivity index (χ0v) is 15.0. The third kappa shape index (κ3) is 5.75. The number of carbonyl (C=O) groups excluding carboxylic acids is 1. The summed E-state index contributed by atoms with van der Waals surface area (Å²) in [7, 11) is 1.28. The predicted molar refractivity (Wildman–Crippen MR) is 83.6 cm³/mol. The van der Waals surface area contributed by atoms with Crippen molar-refractivity contribution in [1.82, 2.24) is 0 Å². The van der Waals surface area contributed by atoms with Crippen LogP contribution in [-0.2, 0) is 18.5 Å². The molecule has 0 spiro atoms. The van der Waals surface area contributed by atoms with Gasteiger partial charge < -0.3 is 9.47 Å². The van der Waals surface area contributed by atoms with E-state index in [1.54, 1.807) is 0 Å². The van der Waals surface area contributed by atoms with E-state index in [1.807, 2.05) is 6.92 Å². The summed E-state index contributed by atoms with van der Waals surface area (Å²) in [6.45, 7) is 2.84. The molecule has 0 radical (unpaired) electrons. The Hall–Kier alpha value is -0.340. The monoisotopic (exact) mass is 418 g/mol. The van der Waals surface area contributed by atoms with Crippen LogP contribution in [0.3, 0.4) is 0 Å². The molecule has 0 aliphatic carbocycles. The van der Waals surface area contributed by atoms with Gasteiger partial charge in [0, 0.05) is 21.8 Å². The maximum atomic E-state index is 11.9. The Bertz CT molecular complexity index is 618. The molecule has 9 heteroatoms.